The first-order valence-corrected chi connectivity index (χ1v) is 8.47. The highest BCUT2D eigenvalue weighted by Crippen LogP contribution is 2.21. The molecule has 128 valence electrons. The molecule has 2 rings (SSSR count). The summed E-state index contributed by atoms with van der Waals surface area (Å²) >= 11 is 1.11. The number of anilines is 1. The van der Waals surface area contributed by atoms with Crippen LogP contribution in [0.4, 0.5) is 5.69 Å². The summed E-state index contributed by atoms with van der Waals surface area (Å²) in [7, 11) is 0. The minimum atomic E-state index is -0.365. The first kappa shape index (κ1) is 18.1. The topological polar surface area (TPSA) is 75.2 Å². The normalized spacial score (nSPS) is 11.2. The SMILES string of the molecule is Cc1cc(C)cc(N(CC(=O)NC(C)(C)C)C(=O)c2csnn2)c1. The molecule has 1 aromatic carbocycles. The largest absolute Gasteiger partial charge is 0.350 e. The van der Waals surface area contributed by atoms with Crippen molar-refractivity contribution >= 4 is 29.0 Å². The van der Waals surface area contributed by atoms with Crippen LogP contribution < -0.4 is 10.2 Å². The molecule has 0 bridgehead atoms. The number of hydrogen-bond acceptors (Lipinski definition) is 5. The number of hydrogen-bond donors (Lipinski definition) is 1. The van der Waals surface area contributed by atoms with Gasteiger partial charge in [0.25, 0.3) is 5.91 Å². The zero-order valence-electron chi connectivity index (χ0n) is 14.6. The van der Waals surface area contributed by atoms with Crippen LogP contribution >= 0.6 is 11.5 Å². The number of carbonyl (C=O) groups excluding carboxylic acids is 2. The molecule has 0 atom stereocenters. The van der Waals surface area contributed by atoms with Crippen LogP contribution in [0.1, 0.15) is 42.4 Å². The standard InChI is InChI=1S/C17H22N4O2S/c1-11-6-12(2)8-13(7-11)21(9-15(22)18-17(3,4)5)16(23)14-10-24-20-19-14/h6-8,10H,9H2,1-5H3,(H,18,22). The molecular formula is C17H22N4O2S. The number of benzene rings is 1. The van der Waals surface area contributed by atoms with Crippen molar-refractivity contribution in [2.75, 3.05) is 11.4 Å². The molecule has 0 aliphatic heterocycles. The molecule has 0 unspecified atom stereocenters. The molecule has 7 heteroatoms. The van der Waals surface area contributed by atoms with Crippen molar-refractivity contribution in [3.63, 3.8) is 0 Å². The molecule has 24 heavy (non-hydrogen) atoms. The van der Waals surface area contributed by atoms with Gasteiger partial charge in [-0.15, -0.1) is 5.10 Å². The van der Waals surface area contributed by atoms with Gasteiger partial charge in [-0.3, -0.25) is 14.5 Å². The van der Waals surface area contributed by atoms with E-state index in [0.717, 1.165) is 22.7 Å². The average Bonchev–Trinajstić information content (AvgIpc) is 2.95. The molecule has 1 aromatic heterocycles. The van der Waals surface area contributed by atoms with E-state index in [1.807, 2.05) is 52.8 Å². The Morgan fingerprint density at radius 2 is 1.79 bits per heavy atom. The Kier molecular flexibility index (Phi) is 5.33. The highest BCUT2D eigenvalue weighted by Gasteiger charge is 2.24. The van der Waals surface area contributed by atoms with Gasteiger partial charge in [0.2, 0.25) is 5.91 Å². The third kappa shape index (κ3) is 4.86. The maximum Gasteiger partial charge on any atom is 0.280 e. The summed E-state index contributed by atoms with van der Waals surface area (Å²) in [5.41, 5.74) is 2.60. The van der Waals surface area contributed by atoms with Crippen LogP contribution in [0.25, 0.3) is 0 Å². The van der Waals surface area contributed by atoms with Crippen molar-refractivity contribution in [2.45, 2.75) is 40.2 Å². The van der Waals surface area contributed by atoms with E-state index < -0.39 is 0 Å². The van der Waals surface area contributed by atoms with Gasteiger partial charge in [0.05, 0.1) is 0 Å². The second-order valence-electron chi connectivity index (χ2n) is 6.83. The Bertz CT molecular complexity index is 715. The lowest BCUT2D eigenvalue weighted by Crippen LogP contribution is -2.47. The monoisotopic (exact) mass is 346 g/mol. The van der Waals surface area contributed by atoms with Gasteiger partial charge < -0.3 is 5.32 Å². The zero-order chi connectivity index (χ0) is 17.9. The van der Waals surface area contributed by atoms with Crippen LogP contribution in [0.5, 0.6) is 0 Å². The molecule has 0 aliphatic rings. The van der Waals surface area contributed by atoms with Crippen LogP contribution in [0.2, 0.25) is 0 Å². The number of aromatic nitrogens is 2. The predicted molar refractivity (Wildman–Crippen MR) is 95.4 cm³/mol. The molecule has 1 N–H and O–H groups in total. The van der Waals surface area contributed by atoms with Crippen molar-refractivity contribution in [1.29, 1.82) is 0 Å². The lowest BCUT2D eigenvalue weighted by atomic mass is 10.1. The van der Waals surface area contributed by atoms with E-state index in [1.54, 1.807) is 5.38 Å². The highest BCUT2D eigenvalue weighted by molar-refractivity contribution is 7.03. The molecule has 0 saturated heterocycles. The second kappa shape index (κ2) is 7.09. The van der Waals surface area contributed by atoms with E-state index in [4.69, 9.17) is 0 Å². The number of rotatable bonds is 4. The Hall–Kier alpha value is -2.28. The summed E-state index contributed by atoms with van der Waals surface area (Å²) in [6, 6.07) is 5.79. The Labute approximate surface area is 146 Å². The van der Waals surface area contributed by atoms with Gasteiger partial charge in [-0.05, 0) is 69.4 Å². The molecule has 2 aromatic rings. The first-order valence-electron chi connectivity index (χ1n) is 7.64. The average molecular weight is 346 g/mol. The van der Waals surface area contributed by atoms with E-state index in [0.29, 0.717) is 5.69 Å². The number of nitrogens with one attached hydrogen (secondary N) is 1. The zero-order valence-corrected chi connectivity index (χ0v) is 15.4. The highest BCUT2D eigenvalue weighted by atomic mass is 32.1. The first-order chi connectivity index (χ1) is 11.2. The van der Waals surface area contributed by atoms with E-state index >= 15 is 0 Å². The van der Waals surface area contributed by atoms with Crippen LogP contribution in [0, 0.1) is 13.8 Å². The van der Waals surface area contributed by atoms with Crippen LogP contribution in [0.15, 0.2) is 23.6 Å². The molecular weight excluding hydrogens is 324 g/mol. The third-order valence-electron chi connectivity index (χ3n) is 3.16. The molecule has 0 saturated carbocycles. The van der Waals surface area contributed by atoms with Crippen molar-refractivity contribution in [3.8, 4) is 0 Å². The quantitative estimate of drug-likeness (QED) is 0.923. The van der Waals surface area contributed by atoms with E-state index in [-0.39, 0.29) is 29.6 Å². The summed E-state index contributed by atoms with van der Waals surface area (Å²) in [4.78, 5) is 26.6. The van der Waals surface area contributed by atoms with Gasteiger partial charge in [-0.2, -0.15) is 0 Å². The number of aryl methyl sites for hydroxylation is 2. The predicted octanol–water partition coefficient (Wildman–Crippen LogP) is 2.72. The lowest BCUT2D eigenvalue weighted by molar-refractivity contribution is -0.121. The van der Waals surface area contributed by atoms with Gasteiger partial charge in [0.1, 0.15) is 6.54 Å². The fourth-order valence-electron chi connectivity index (χ4n) is 2.38. The molecule has 6 nitrogen and oxygen atoms in total. The van der Waals surface area contributed by atoms with E-state index in [2.05, 4.69) is 14.9 Å². The van der Waals surface area contributed by atoms with Crippen molar-refractivity contribution < 1.29 is 9.59 Å². The van der Waals surface area contributed by atoms with Crippen molar-refractivity contribution in [1.82, 2.24) is 14.9 Å². The fraction of sp³-hybridized carbons (Fsp3) is 0.412. The Morgan fingerprint density at radius 3 is 2.29 bits per heavy atom. The van der Waals surface area contributed by atoms with Gasteiger partial charge in [-0.1, -0.05) is 10.6 Å². The maximum atomic E-state index is 12.8. The van der Waals surface area contributed by atoms with Gasteiger partial charge in [0.15, 0.2) is 5.69 Å². The smallest absolute Gasteiger partial charge is 0.280 e. The van der Waals surface area contributed by atoms with Crippen LogP contribution in [0.3, 0.4) is 0 Å². The van der Waals surface area contributed by atoms with E-state index in [1.165, 1.54) is 4.90 Å². The molecule has 0 radical (unpaired) electrons. The number of carbonyl (C=O) groups is 2. The Morgan fingerprint density at radius 1 is 1.17 bits per heavy atom. The summed E-state index contributed by atoms with van der Waals surface area (Å²) in [5.74, 6) is -0.559. The van der Waals surface area contributed by atoms with Gasteiger partial charge >= 0.3 is 0 Å². The summed E-state index contributed by atoms with van der Waals surface area (Å²) in [6.45, 7) is 9.54. The summed E-state index contributed by atoms with van der Waals surface area (Å²) < 4.78 is 3.74. The minimum Gasteiger partial charge on any atom is -0.350 e. The Balaban J connectivity index is 2.34. The fourth-order valence-corrected chi connectivity index (χ4v) is 2.81. The molecule has 0 spiro atoms. The van der Waals surface area contributed by atoms with Gasteiger partial charge in [-0.25, -0.2) is 0 Å². The molecule has 1 heterocycles. The van der Waals surface area contributed by atoms with Crippen molar-refractivity contribution in [3.05, 3.63) is 40.4 Å². The third-order valence-corrected chi connectivity index (χ3v) is 3.66. The maximum absolute atomic E-state index is 12.8. The summed E-state index contributed by atoms with van der Waals surface area (Å²) in [6.07, 6.45) is 0. The second-order valence-corrected chi connectivity index (χ2v) is 7.44. The molecule has 0 aliphatic carbocycles. The van der Waals surface area contributed by atoms with Crippen molar-refractivity contribution in [2.24, 2.45) is 0 Å². The summed E-state index contributed by atoms with van der Waals surface area (Å²) in [5, 5.41) is 8.30. The lowest BCUT2D eigenvalue weighted by Gasteiger charge is -2.26. The van der Waals surface area contributed by atoms with Gasteiger partial charge in [0, 0.05) is 16.6 Å². The molecule has 2 amide bonds. The minimum absolute atomic E-state index is 0.0729. The van der Waals surface area contributed by atoms with Crippen LogP contribution in [-0.2, 0) is 4.79 Å². The number of amides is 2. The molecule has 0 fully saturated rings. The number of nitrogens with zero attached hydrogens (tertiary/aromatic N) is 3. The van der Waals surface area contributed by atoms with E-state index in [9.17, 15) is 9.59 Å². The van der Waals surface area contributed by atoms with Crippen LogP contribution in [-0.4, -0.2) is 33.5 Å².